The Labute approximate surface area is 203 Å². The molecule has 5 amide bonds. The van der Waals surface area contributed by atoms with Gasteiger partial charge in [0.25, 0.3) is 0 Å². The fraction of sp³-hybridized carbons (Fsp3) is 0.250. The monoisotopic (exact) mass is 496 g/mol. The molecule has 182 valence electrons. The Kier molecular flexibility index (Phi) is 7.08. The molecule has 0 spiro atoms. The van der Waals surface area contributed by atoms with Crippen LogP contribution in [0.1, 0.15) is 11.1 Å². The van der Waals surface area contributed by atoms with Crippen molar-refractivity contribution < 1.29 is 27.6 Å². The number of piperazine rings is 1. The number of carbonyl (C=O) groups is 4. The molecule has 0 unspecified atom stereocenters. The van der Waals surface area contributed by atoms with Gasteiger partial charge in [0.1, 0.15) is 6.54 Å². The van der Waals surface area contributed by atoms with E-state index in [-0.39, 0.29) is 32.7 Å². The molecule has 2 saturated heterocycles. The second-order valence-corrected chi connectivity index (χ2v) is 9.91. The van der Waals surface area contributed by atoms with Crippen LogP contribution in [0.15, 0.2) is 66.1 Å². The molecular formula is C24H24N4O6S. The molecule has 35 heavy (non-hydrogen) atoms. The zero-order valence-corrected chi connectivity index (χ0v) is 19.6. The number of carbonyl (C=O) groups excluding carboxylic acids is 4. The van der Waals surface area contributed by atoms with Gasteiger partial charge in [-0.1, -0.05) is 60.7 Å². The van der Waals surface area contributed by atoms with Gasteiger partial charge < -0.3 is 4.90 Å². The Balaban J connectivity index is 1.33. The summed E-state index contributed by atoms with van der Waals surface area (Å²) in [5.74, 6) is -2.56. The van der Waals surface area contributed by atoms with Crippen LogP contribution in [0.25, 0.3) is 6.08 Å². The Bertz CT molecular complexity index is 1260. The Hall–Kier alpha value is -3.83. The minimum absolute atomic E-state index is 0.0675. The highest BCUT2D eigenvalue weighted by molar-refractivity contribution is 7.92. The first-order valence-electron chi connectivity index (χ1n) is 11.0. The highest BCUT2D eigenvalue weighted by atomic mass is 32.2. The summed E-state index contributed by atoms with van der Waals surface area (Å²) in [6.07, 6.45) is 1.51. The fourth-order valence-corrected chi connectivity index (χ4v) is 5.01. The topological polar surface area (TPSA) is 115 Å². The third-order valence-electron chi connectivity index (χ3n) is 5.80. The standard InChI is InChI=1S/C24H24N4O6S/c29-21(18-28-23(31)22(30)27(24(28)32)17-20-9-5-2-6-10-20)25-12-14-26(15-13-25)35(33,34)16-11-19-7-3-1-4-8-19/h1-11,16H,12-15,17-18H2. The molecule has 2 aromatic carbocycles. The van der Waals surface area contributed by atoms with E-state index < -0.39 is 40.3 Å². The second kappa shape index (κ2) is 10.2. The number of imide groups is 2. The van der Waals surface area contributed by atoms with E-state index in [1.165, 1.54) is 15.3 Å². The van der Waals surface area contributed by atoms with Crippen LogP contribution in [-0.2, 0) is 31.0 Å². The van der Waals surface area contributed by atoms with Gasteiger partial charge in [0, 0.05) is 31.6 Å². The Morgan fingerprint density at radius 2 is 1.37 bits per heavy atom. The van der Waals surface area contributed by atoms with Crippen molar-refractivity contribution in [2.45, 2.75) is 6.54 Å². The minimum Gasteiger partial charge on any atom is -0.338 e. The summed E-state index contributed by atoms with van der Waals surface area (Å²) in [6.45, 7) is -0.274. The van der Waals surface area contributed by atoms with E-state index in [9.17, 15) is 27.6 Å². The molecule has 2 fully saturated rings. The molecule has 2 aliphatic rings. The van der Waals surface area contributed by atoms with Crippen LogP contribution in [0.4, 0.5) is 4.79 Å². The summed E-state index contributed by atoms with van der Waals surface area (Å²) in [5.41, 5.74) is 1.43. The van der Waals surface area contributed by atoms with Crippen molar-refractivity contribution >= 4 is 39.9 Å². The Morgan fingerprint density at radius 1 is 0.800 bits per heavy atom. The number of hydrogen-bond acceptors (Lipinski definition) is 6. The van der Waals surface area contributed by atoms with Crippen LogP contribution in [-0.4, -0.2) is 83.9 Å². The maximum absolute atomic E-state index is 12.8. The summed E-state index contributed by atoms with van der Waals surface area (Å²) in [4.78, 5) is 52.9. The number of sulfonamides is 1. The van der Waals surface area contributed by atoms with Crippen molar-refractivity contribution in [3.63, 3.8) is 0 Å². The molecule has 4 rings (SSSR count). The van der Waals surface area contributed by atoms with Crippen LogP contribution in [0.2, 0.25) is 0 Å². The van der Waals surface area contributed by atoms with Crippen molar-refractivity contribution in [3.8, 4) is 0 Å². The van der Waals surface area contributed by atoms with E-state index in [0.29, 0.717) is 10.5 Å². The minimum atomic E-state index is -3.67. The van der Waals surface area contributed by atoms with Crippen LogP contribution in [0.3, 0.4) is 0 Å². The molecule has 0 aliphatic carbocycles. The van der Waals surface area contributed by atoms with Gasteiger partial charge in [-0.3, -0.25) is 19.3 Å². The summed E-state index contributed by atoms with van der Waals surface area (Å²) >= 11 is 0. The lowest BCUT2D eigenvalue weighted by molar-refractivity contribution is -0.145. The molecule has 0 saturated carbocycles. The number of hydrogen-bond donors (Lipinski definition) is 0. The third-order valence-corrected chi connectivity index (χ3v) is 7.36. The van der Waals surface area contributed by atoms with Crippen LogP contribution in [0, 0.1) is 0 Å². The molecule has 0 N–H and O–H groups in total. The lowest BCUT2D eigenvalue weighted by atomic mass is 10.2. The lowest BCUT2D eigenvalue weighted by Crippen LogP contribution is -2.52. The molecular weight excluding hydrogens is 472 g/mol. The van der Waals surface area contributed by atoms with Crippen LogP contribution < -0.4 is 0 Å². The lowest BCUT2D eigenvalue weighted by Gasteiger charge is -2.33. The van der Waals surface area contributed by atoms with E-state index in [2.05, 4.69) is 0 Å². The SMILES string of the molecule is O=C(CN1C(=O)C(=O)N(Cc2ccccc2)C1=O)N1CCN(S(=O)(=O)C=Cc2ccccc2)CC1. The molecule has 0 atom stereocenters. The second-order valence-electron chi connectivity index (χ2n) is 8.09. The first-order chi connectivity index (χ1) is 16.8. The van der Waals surface area contributed by atoms with Crippen LogP contribution in [0.5, 0.6) is 0 Å². The van der Waals surface area contributed by atoms with Gasteiger partial charge in [-0.25, -0.2) is 18.1 Å². The smallest absolute Gasteiger partial charge is 0.335 e. The predicted molar refractivity (Wildman–Crippen MR) is 127 cm³/mol. The molecule has 11 heteroatoms. The first-order valence-corrected chi connectivity index (χ1v) is 12.5. The average molecular weight is 497 g/mol. The fourth-order valence-electron chi connectivity index (χ4n) is 3.84. The summed E-state index contributed by atoms with van der Waals surface area (Å²) < 4.78 is 26.5. The summed E-state index contributed by atoms with van der Waals surface area (Å²) in [7, 11) is -3.67. The quantitative estimate of drug-likeness (QED) is 0.419. The number of urea groups is 1. The normalized spacial score (nSPS) is 17.6. The van der Waals surface area contributed by atoms with Crippen molar-refractivity contribution in [1.29, 1.82) is 0 Å². The van der Waals surface area contributed by atoms with Gasteiger partial charge in [0.15, 0.2) is 0 Å². The van der Waals surface area contributed by atoms with Gasteiger partial charge in [-0.15, -0.1) is 0 Å². The van der Waals surface area contributed by atoms with Crippen molar-refractivity contribution in [3.05, 3.63) is 77.2 Å². The highest BCUT2D eigenvalue weighted by Gasteiger charge is 2.45. The maximum atomic E-state index is 12.8. The Morgan fingerprint density at radius 3 is 2.00 bits per heavy atom. The highest BCUT2D eigenvalue weighted by Crippen LogP contribution is 2.17. The average Bonchev–Trinajstić information content (AvgIpc) is 3.07. The van der Waals surface area contributed by atoms with E-state index in [0.717, 1.165) is 15.9 Å². The number of benzene rings is 2. The van der Waals surface area contributed by atoms with Gasteiger partial charge >= 0.3 is 17.8 Å². The van der Waals surface area contributed by atoms with E-state index in [1.54, 1.807) is 54.6 Å². The molecule has 0 bridgehead atoms. The van der Waals surface area contributed by atoms with Gasteiger partial charge in [0.2, 0.25) is 15.9 Å². The van der Waals surface area contributed by atoms with Gasteiger partial charge in [-0.2, -0.15) is 4.31 Å². The summed E-state index contributed by atoms with van der Waals surface area (Å²) in [6, 6.07) is 16.9. The molecule has 2 aromatic rings. The van der Waals surface area contributed by atoms with Crippen molar-refractivity contribution in [1.82, 2.24) is 19.0 Å². The molecule has 0 aromatic heterocycles. The molecule has 10 nitrogen and oxygen atoms in total. The molecule has 2 aliphatic heterocycles. The zero-order valence-electron chi connectivity index (χ0n) is 18.8. The van der Waals surface area contributed by atoms with Crippen LogP contribution >= 0.6 is 0 Å². The number of nitrogens with zero attached hydrogens (tertiary/aromatic N) is 4. The van der Waals surface area contributed by atoms with E-state index >= 15 is 0 Å². The van der Waals surface area contributed by atoms with Crippen molar-refractivity contribution in [2.24, 2.45) is 0 Å². The zero-order chi connectivity index (χ0) is 25.0. The van der Waals surface area contributed by atoms with Gasteiger partial charge in [0.05, 0.1) is 6.54 Å². The summed E-state index contributed by atoms with van der Waals surface area (Å²) in [5, 5.41) is 1.13. The maximum Gasteiger partial charge on any atom is 0.335 e. The molecule has 0 radical (unpaired) electrons. The third kappa shape index (κ3) is 5.47. The first kappa shape index (κ1) is 24.3. The van der Waals surface area contributed by atoms with E-state index in [4.69, 9.17) is 0 Å². The molecule has 2 heterocycles. The number of amides is 5. The number of rotatable bonds is 7. The predicted octanol–water partition coefficient (Wildman–Crippen LogP) is 1.12. The van der Waals surface area contributed by atoms with E-state index in [1.807, 2.05) is 6.07 Å². The van der Waals surface area contributed by atoms with Crippen molar-refractivity contribution in [2.75, 3.05) is 32.7 Å². The van der Waals surface area contributed by atoms with Gasteiger partial charge in [-0.05, 0) is 17.2 Å². The largest absolute Gasteiger partial charge is 0.338 e.